The van der Waals surface area contributed by atoms with Gasteiger partial charge in [-0.05, 0) is 38.8 Å². The van der Waals surface area contributed by atoms with Gasteiger partial charge in [-0.15, -0.1) is 0 Å². The lowest BCUT2D eigenvalue weighted by molar-refractivity contribution is 0.0963. The summed E-state index contributed by atoms with van der Waals surface area (Å²) in [6.07, 6.45) is 3.28. The Bertz CT molecular complexity index is 507. The average Bonchev–Trinajstić information content (AvgIpc) is 2.47. The standard InChI is InChI=1S/C13H20BClN4O2/c1-14(21)19-5-3-9(4-6-19)18-11-7-12(15)17-8-10(11)13(20)16-2/h7-9,21H,3-6H2,1-2H3,(H,16,20)(H,17,18). The number of anilines is 1. The molecule has 0 aromatic carbocycles. The summed E-state index contributed by atoms with van der Waals surface area (Å²) in [4.78, 5) is 17.8. The molecule has 1 saturated heterocycles. The van der Waals surface area contributed by atoms with Crippen LogP contribution in [0, 0.1) is 0 Å². The van der Waals surface area contributed by atoms with Gasteiger partial charge >= 0.3 is 7.05 Å². The molecule has 1 fully saturated rings. The lowest BCUT2D eigenvalue weighted by Gasteiger charge is -2.33. The van der Waals surface area contributed by atoms with E-state index in [0.717, 1.165) is 25.9 Å². The van der Waals surface area contributed by atoms with Crippen molar-refractivity contribution in [2.45, 2.75) is 25.7 Å². The first kappa shape index (κ1) is 16.1. The van der Waals surface area contributed by atoms with Crippen LogP contribution in [0.25, 0.3) is 0 Å². The first-order valence-corrected chi connectivity index (χ1v) is 7.45. The molecule has 1 aliphatic heterocycles. The quantitative estimate of drug-likeness (QED) is 0.573. The first-order valence-electron chi connectivity index (χ1n) is 7.07. The SMILES string of the molecule is CNC(=O)c1cnc(Cl)cc1NC1CCN(B(C)O)CC1. The summed E-state index contributed by atoms with van der Waals surface area (Å²) in [5.74, 6) is -0.192. The van der Waals surface area contributed by atoms with Crippen molar-refractivity contribution in [2.24, 2.45) is 0 Å². The highest BCUT2D eigenvalue weighted by Crippen LogP contribution is 2.22. The molecule has 8 heteroatoms. The number of pyridine rings is 1. The predicted molar refractivity (Wildman–Crippen MR) is 84.7 cm³/mol. The molecule has 0 spiro atoms. The molecule has 114 valence electrons. The Morgan fingerprint density at radius 2 is 2.19 bits per heavy atom. The molecular formula is C13H20BClN4O2. The van der Waals surface area contributed by atoms with Gasteiger partial charge in [-0.1, -0.05) is 11.6 Å². The molecule has 0 atom stereocenters. The Labute approximate surface area is 130 Å². The third-order valence-corrected chi connectivity index (χ3v) is 3.97. The molecule has 1 aromatic heterocycles. The van der Waals surface area contributed by atoms with E-state index in [4.69, 9.17) is 11.6 Å². The Kier molecular flexibility index (Phi) is 5.44. The topological polar surface area (TPSA) is 77.5 Å². The number of piperidine rings is 1. The van der Waals surface area contributed by atoms with Crippen molar-refractivity contribution >= 4 is 30.2 Å². The van der Waals surface area contributed by atoms with E-state index in [1.807, 2.05) is 4.81 Å². The Balaban J connectivity index is 2.06. The molecule has 0 bridgehead atoms. The highest BCUT2D eigenvalue weighted by atomic mass is 35.5. The molecular weight excluding hydrogens is 290 g/mol. The number of halogens is 1. The number of aromatic nitrogens is 1. The van der Waals surface area contributed by atoms with Crippen LogP contribution in [-0.4, -0.2) is 54.0 Å². The predicted octanol–water partition coefficient (Wildman–Crippen LogP) is 1.08. The number of nitrogens with one attached hydrogen (secondary N) is 2. The summed E-state index contributed by atoms with van der Waals surface area (Å²) in [7, 11) is 1.17. The third-order valence-electron chi connectivity index (χ3n) is 3.76. The maximum absolute atomic E-state index is 11.9. The van der Waals surface area contributed by atoms with E-state index in [0.29, 0.717) is 16.4 Å². The number of amides is 1. The summed E-state index contributed by atoms with van der Waals surface area (Å²) >= 11 is 5.92. The van der Waals surface area contributed by atoms with Gasteiger partial charge < -0.3 is 20.5 Å². The molecule has 3 N–H and O–H groups in total. The monoisotopic (exact) mass is 310 g/mol. The molecule has 6 nitrogen and oxygen atoms in total. The van der Waals surface area contributed by atoms with E-state index in [1.165, 1.54) is 6.20 Å². The summed E-state index contributed by atoms with van der Waals surface area (Å²) in [6.45, 7) is 3.42. The fourth-order valence-electron chi connectivity index (χ4n) is 2.50. The summed E-state index contributed by atoms with van der Waals surface area (Å²) in [5.41, 5.74) is 1.18. The number of rotatable bonds is 4. The second-order valence-electron chi connectivity index (χ2n) is 5.22. The van der Waals surface area contributed by atoms with Crippen molar-refractivity contribution in [1.29, 1.82) is 0 Å². The molecule has 0 radical (unpaired) electrons. The van der Waals surface area contributed by atoms with Crippen molar-refractivity contribution in [3.63, 3.8) is 0 Å². The normalized spacial score (nSPS) is 16.6. The van der Waals surface area contributed by atoms with Crippen molar-refractivity contribution in [1.82, 2.24) is 15.1 Å². The second kappa shape index (κ2) is 7.11. The fourth-order valence-corrected chi connectivity index (χ4v) is 2.66. The number of hydrogen-bond acceptors (Lipinski definition) is 5. The van der Waals surface area contributed by atoms with Crippen LogP contribution in [0.15, 0.2) is 12.3 Å². The van der Waals surface area contributed by atoms with Crippen LogP contribution in [0.2, 0.25) is 12.0 Å². The minimum Gasteiger partial charge on any atom is -0.437 e. The Hall–Kier alpha value is -1.31. The highest BCUT2D eigenvalue weighted by molar-refractivity contribution is 6.45. The average molecular weight is 311 g/mol. The molecule has 0 aliphatic carbocycles. The van der Waals surface area contributed by atoms with Crippen LogP contribution in [0.4, 0.5) is 5.69 Å². The van der Waals surface area contributed by atoms with Gasteiger partial charge in [0.05, 0.1) is 11.3 Å². The second-order valence-corrected chi connectivity index (χ2v) is 5.61. The zero-order valence-electron chi connectivity index (χ0n) is 12.3. The lowest BCUT2D eigenvalue weighted by atomic mass is 9.82. The van der Waals surface area contributed by atoms with Gasteiger partial charge in [0.2, 0.25) is 0 Å². The fraction of sp³-hybridized carbons (Fsp3) is 0.538. The maximum atomic E-state index is 11.9. The van der Waals surface area contributed by atoms with Crippen molar-refractivity contribution < 1.29 is 9.82 Å². The van der Waals surface area contributed by atoms with Gasteiger partial charge in [0.25, 0.3) is 5.91 Å². The summed E-state index contributed by atoms with van der Waals surface area (Å²) < 4.78 is 0. The molecule has 1 aromatic rings. The van der Waals surface area contributed by atoms with E-state index in [1.54, 1.807) is 19.9 Å². The van der Waals surface area contributed by atoms with E-state index < -0.39 is 7.05 Å². The van der Waals surface area contributed by atoms with Crippen LogP contribution in [0.1, 0.15) is 23.2 Å². The third kappa shape index (κ3) is 4.09. The van der Waals surface area contributed by atoms with Gasteiger partial charge in [-0.2, -0.15) is 0 Å². The van der Waals surface area contributed by atoms with Gasteiger partial charge in [0.15, 0.2) is 0 Å². The highest BCUT2D eigenvalue weighted by Gasteiger charge is 2.24. The number of hydrogen-bond donors (Lipinski definition) is 3. The number of carbonyl (C=O) groups is 1. The lowest BCUT2D eigenvalue weighted by Crippen LogP contribution is -2.46. The minimum absolute atomic E-state index is 0.192. The van der Waals surface area contributed by atoms with Gasteiger partial charge in [-0.3, -0.25) is 4.79 Å². The van der Waals surface area contributed by atoms with Gasteiger partial charge in [0, 0.05) is 19.3 Å². The summed E-state index contributed by atoms with van der Waals surface area (Å²) in [6, 6.07) is 1.93. The van der Waals surface area contributed by atoms with Crippen LogP contribution in [-0.2, 0) is 0 Å². The smallest absolute Gasteiger partial charge is 0.376 e. The molecule has 2 heterocycles. The zero-order valence-corrected chi connectivity index (χ0v) is 13.0. The molecule has 0 unspecified atom stereocenters. The number of carbonyl (C=O) groups excluding carboxylic acids is 1. The molecule has 1 amide bonds. The molecule has 0 saturated carbocycles. The van der Waals surface area contributed by atoms with E-state index in [-0.39, 0.29) is 11.9 Å². The Morgan fingerprint density at radius 3 is 2.76 bits per heavy atom. The van der Waals surface area contributed by atoms with Gasteiger partial charge in [0.1, 0.15) is 5.15 Å². The van der Waals surface area contributed by atoms with Gasteiger partial charge in [-0.25, -0.2) is 4.98 Å². The minimum atomic E-state index is -0.414. The van der Waals surface area contributed by atoms with E-state index in [9.17, 15) is 9.82 Å². The molecule has 2 rings (SSSR count). The van der Waals surface area contributed by atoms with Crippen LogP contribution < -0.4 is 10.6 Å². The molecule has 1 aliphatic rings. The van der Waals surface area contributed by atoms with E-state index >= 15 is 0 Å². The summed E-state index contributed by atoms with van der Waals surface area (Å²) in [5, 5.41) is 15.9. The zero-order chi connectivity index (χ0) is 15.4. The number of nitrogens with zero attached hydrogens (tertiary/aromatic N) is 2. The van der Waals surface area contributed by atoms with E-state index in [2.05, 4.69) is 15.6 Å². The molecule has 21 heavy (non-hydrogen) atoms. The van der Waals surface area contributed by atoms with Crippen molar-refractivity contribution in [2.75, 3.05) is 25.5 Å². The Morgan fingerprint density at radius 1 is 1.52 bits per heavy atom. The maximum Gasteiger partial charge on any atom is 0.376 e. The van der Waals surface area contributed by atoms with Crippen molar-refractivity contribution in [3.8, 4) is 0 Å². The van der Waals surface area contributed by atoms with Crippen LogP contribution in [0.5, 0.6) is 0 Å². The van der Waals surface area contributed by atoms with Crippen molar-refractivity contribution in [3.05, 3.63) is 23.0 Å². The van der Waals surface area contributed by atoms with Crippen LogP contribution in [0.3, 0.4) is 0 Å². The largest absolute Gasteiger partial charge is 0.437 e. The first-order chi connectivity index (χ1) is 10.0. The van der Waals surface area contributed by atoms with Crippen LogP contribution >= 0.6 is 11.6 Å².